The van der Waals surface area contributed by atoms with Crippen LogP contribution in [0.3, 0.4) is 0 Å². The normalized spacial score (nSPS) is 12.2. The largest absolute Gasteiger partial charge is 0.419 e. The van der Waals surface area contributed by atoms with Crippen molar-refractivity contribution in [2.45, 2.75) is 12.6 Å². The van der Waals surface area contributed by atoms with Crippen LogP contribution in [-0.4, -0.2) is 22.1 Å². The van der Waals surface area contributed by atoms with Gasteiger partial charge in [0.15, 0.2) is 0 Å². The first kappa shape index (κ1) is 18.1. The van der Waals surface area contributed by atoms with Crippen molar-refractivity contribution in [2.75, 3.05) is 7.05 Å². The Hall–Kier alpha value is -3.31. The van der Waals surface area contributed by atoms with E-state index in [0.29, 0.717) is 17.3 Å². The van der Waals surface area contributed by atoms with Gasteiger partial charge >= 0.3 is 0 Å². The molecule has 4 rings (SSSR count). The first-order valence-corrected chi connectivity index (χ1v) is 9.09. The second-order valence-electron chi connectivity index (χ2n) is 6.67. The van der Waals surface area contributed by atoms with Crippen molar-refractivity contribution in [1.29, 1.82) is 0 Å². The highest BCUT2D eigenvalue weighted by molar-refractivity contribution is 5.52. The van der Waals surface area contributed by atoms with Crippen molar-refractivity contribution in [1.82, 2.24) is 15.1 Å². The molecule has 28 heavy (non-hydrogen) atoms. The molecule has 1 unspecified atom stereocenters. The first-order chi connectivity index (χ1) is 13.7. The summed E-state index contributed by atoms with van der Waals surface area (Å²) in [6, 6.07) is 26.2. The van der Waals surface area contributed by atoms with Crippen molar-refractivity contribution in [3.05, 3.63) is 108 Å². The summed E-state index contributed by atoms with van der Waals surface area (Å²) >= 11 is 0. The molecule has 3 aromatic carbocycles. The zero-order valence-electron chi connectivity index (χ0n) is 15.5. The van der Waals surface area contributed by atoms with Crippen LogP contribution in [0.4, 0.5) is 4.39 Å². The summed E-state index contributed by atoms with van der Waals surface area (Å²) < 4.78 is 19.2. The Labute approximate surface area is 163 Å². The Morgan fingerprint density at radius 2 is 1.50 bits per heavy atom. The van der Waals surface area contributed by atoms with E-state index < -0.39 is 0 Å². The number of hydrogen-bond donors (Lipinski definition) is 0. The Morgan fingerprint density at radius 1 is 0.857 bits per heavy atom. The molecule has 4 aromatic rings. The molecule has 0 amide bonds. The van der Waals surface area contributed by atoms with Crippen LogP contribution in [0.5, 0.6) is 0 Å². The Bertz CT molecular complexity index is 1020. The van der Waals surface area contributed by atoms with E-state index in [-0.39, 0.29) is 11.9 Å². The Morgan fingerprint density at radius 3 is 2.18 bits per heavy atom. The summed E-state index contributed by atoms with van der Waals surface area (Å²) in [5.41, 5.74) is 2.96. The zero-order valence-corrected chi connectivity index (χ0v) is 15.5. The van der Waals surface area contributed by atoms with E-state index in [1.807, 2.05) is 55.6 Å². The zero-order chi connectivity index (χ0) is 19.3. The number of nitrogens with zero attached hydrogens (tertiary/aromatic N) is 3. The minimum absolute atomic E-state index is 0.192. The predicted octanol–water partition coefficient (Wildman–Crippen LogP) is 5.10. The average molecular weight is 373 g/mol. The van der Waals surface area contributed by atoms with Crippen LogP contribution >= 0.6 is 0 Å². The van der Waals surface area contributed by atoms with E-state index in [4.69, 9.17) is 4.42 Å². The van der Waals surface area contributed by atoms with Crippen LogP contribution in [0, 0.1) is 5.82 Å². The van der Waals surface area contributed by atoms with Gasteiger partial charge in [-0.05, 0) is 42.4 Å². The summed E-state index contributed by atoms with van der Waals surface area (Å²) in [6.07, 6.45) is 0. The van der Waals surface area contributed by atoms with Gasteiger partial charge in [0, 0.05) is 12.1 Å². The highest BCUT2D eigenvalue weighted by Crippen LogP contribution is 2.30. The van der Waals surface area contributed by atoms with Gasteiger partial charge in [0.2, 0.25) is 11.8 Å². The van der Waals surface area contributed by atoms with Gasteiger partial charge in [0.1, 0.15) is 11.9 Å². The third kappa shape index (κ3) is 4.00. The van der Waals surface area contributed by atoms with Crippen molar-refractivity contribution in [2.24, 2.45) is 0 Å². The smallest absolute Gasteiger partial charge is 0.247 e. The molecule has 0 saturated heterocycles. The summed E-state index contributed by atoms with van der Waals surface area (Å²) in [5.74, 6) is 0.584. The lowest BCUT2D eigenvalue weighted by Crippen LogP contribution is -2.25. The van der Waals surface area contributed by atoms with Gasteiger partial charge in [0.25, 0.3) is 0 Å². The molecule has 1 aromatic heterocycles. The molecule has 140 valence electrons. The maximum Gasteiger partial charge on any atom is 0.247 e. The van der Waals surface area contributed by atoms with E-state index in [1.54, 1.807) is 12.1 Å². The molecule has 0 saturated carbocycles. The average Bonchev–Trinajstić information content (AvgIpc) is 3.20. The summed E-state index contributed by atoms with van der Waals surface area (Å²) in [4.78, 5) is 2.17. The highest BCUT2D eigenvalue weighted by Gasteiger charge is 2.25. The van der Waals surface area contributed by atoms with Crippen molar-refractivity contribution >= 4 is 0 Å². The van der Waals surface area contributed by atoms with Crippen LogP contribution in [-0.2, 0) is 6.54 Å². The first-order valence-electron chi connectivity index (χ1n) is 9.09. The van der Waals surface area contributed by atoms with Gasteiger partial charge in [-0.15, -0.1) is 10.2 Å². The predicted molar refractivity (Wildman–Crippen MR) is 106 cm³/mol. The van der Waals surface area contributed by atoms with Gasteiger partial charge in [0.05, 0.1) is 0 Å². The topological polar surface area (TPSA) is 42.2 Å². The molecule has 0 N–H and O–H groups in total. The number of rotatable bonds is 6. The highest BCUT2D eigenvalue weighted by atomic mass is 19.1. The van der Waals surface area contributed by atoms with E-state index in [1.165, 1.54) is 17.7 Å². The molecular formula is C23H20FN3O. The molecule has 0 bridgehead atoms. The fourth-order valence-electron chi connectivity index (χ4n) is 3.24. The fraction of sp³-hybridized carbons (Fsp3) is 0.130. The van der Waals surface area contributed by atoms with Crippen LogP contribution in [0.2, 0.25) is 0 Å². The standard InChI is InChI=1S/C23H20FN3O/c1-27(16-17-8-4-2-5-9-17)21(18-10-6-3-7-11-18)23-26-25-22(28-23)19-12-14-20(24)15-13-19/h2-15,21H,16H2,1H3. The van der Waals surface area contributed by atoms with Crippen LogP contribution in [0.25, 0.3) is 11.5 Å². The molecular weight excluding hydrogens is 353 g/mol. The quantitative estimate of drug-likeness (QED) is 0.472. The minimum atomic E-state index is -0.298. The number of aromatic nitrogens is 2. The molecule has 0 fully saturated rings. The molecule has 1 atom stereocenters. The molecule has 0 radical (unpaired) electrons. The third-order valence-corrected chi connectivity index (χ3v) is 4.60. The van der Waals surface area contributed by atoms with Crippen LogP contribution in [0.15, 0.2) is 89.3 Å². The van der Waals surface area contributed by atoms with Crippen LogP contribution in [0.1, 0.15) is 23.1 Å². The molecule has 0 aliphatic rings. The van der Waals surface area contributed by atoms with Crippen molar-refractivity contribution in [3.8, 4) is 11.5 Å². The molecule has 1 heterocycles. The molecule has 0 spiro atoms. The summed E-state index contributed by atoms with van der Waals surface area (Å²) in [5, 5.41) is 8.49. The second kappa shape index (κ2) is 8.15. The van der Waals surface area contributed by atoms with Gasteiger partial charge in [-0.3, -0.25) is 4.90 Å². The molecule has 0 aliphatic carbocycles. The van der Waals surface area contributed by atoms with Crippen molar-refractivity contribution in [3.63, 3.8) is 0 Å². The lowest BCUT2D eigenvalue weighted by Gasteiger charge is -2.25. The number of halogens is 1. The van der Waals surface area contributed by atoms with E-state index >= 15 is 0 Å². The monoisotopic (exact) mass is 373 g/mol. The molecule has 0 aliphatic heterocycles. The maximum absolute atomic E-state index is 13.2. The summed E-state index contributed by atoms with van der Waals surface area (Å²) in [6.45, 7) is 0.731. The lowest BCUT2D eigenvalue weighted by atomic mass is 10.0. The molecule has 5 heteroatoms. The lowest BCUT2D eigenvalue weighted by molar-refractivity contribution is 0.235. The van der Waals surface area contributed by atoms with E-state index in [2.05, 4.69) is 27.2 Å². The van der Waals surface area contributed by atoms with Gasteiger partial charge in [-0.25, -0.2) is 4.39 Å². The number of benzene rings is 3. The minimum Gasteiger partial charge on any atom is -0.419 e. The maximum atomic E-state index is 13.2. The van der Waals surface area contributed by atoms with Gasteiger partial charge < -0.3 is 4.42 Å². The van der Waals surface area contributed by atoms with Gasteiger partial charge in [-0.2, -0.15) is 0 Å². The SMILES string of the molecule is CN(Cc1ccccc1)C(c1ccccc1)c1nnc(-c2ccc(F)cc2)o1. The Kier molecular flexibility index (Phi) is 5.26. The van der Waals surface area contributed by atoms with E-state index in [0.717, 1.165) is 12.1 Å². The third-order valence-electron chi connectivity index (χ3n) is 4.60. The van der Waals surface area contributed by atoms with Crippen molar-refractivity contribution < 1.29 is 8.81 Å². The number of hydrogen-bond acceptors (Lipinski definition) is 4. The Balaban J connectivity index is 1.67. The molecule has 4 nitrogen and oxygen atoms in total. The van der Waals surface area contributed by atoms with Crippen LogP contribution < -0.4 is 0 Å². The van der Waals surface area contributed by atoms with Gasteiger partial charge in [-0.1, -0.05) is 60.7 Å². The summed E-state index contributed by atoms with van der Waals surface area (Å²) in [7, 11) is 2.03. The second-order valence-corrected chi connectivity index (χ2v) is 6.67. The van der Waals surface area contributed by atoms with E-state index in [9.17, 15) is 4.39 Å². The fourth-order valence-corrected chi connectivity index (χ4v) is 3.24.